The lowest BCUT2D eigenvalue weighted by atomic mass is 9.87. The second kappa shape index (κ2) is 6.55. The van der Waals surface area contributed by atoms with Crippen molar-refractivity contribution in [2.24, 2.45) is 0 Å². The average molecular weight is 287 g/mol. The van der Waals surface area contributed by atoms with Gasteiger partial charge in [-0.3, -0.25) is 0 Å². The molecule has 0 fully saturated rings. The first-order valence-corrected chi connectivity index (χ1v) is 8.25. The van der Waals surface area contributed by atoms with Crippen LogP contribution in [0.5, 0.6) is 0 Å². The standard InChI is InChI=1S/C18H25NS/c1-5-16(17-7-6-12-20-17)19-13-14-8-10-15(11-9-14)18(2,3)4/h6-12,16,19H,5,13H2,1-4H3. The van der Waals surface area contributed by atoms with Gasteiger partial charge in [0.25, 0.3) is 0 Å². The van der Waals surface area contributed by atoms with Gasteiger partial charge in [-0.25, -0.2) is 0 Å². The third kappa shape index (κ3) is 3.94. The predicted octanol–water partition coefficient (Wildman–Crippen LogP) is 5.29. The van der Waals surface area contributed by atoms with Crippen LogP contribution in [-0.2, 0) is 12.0 Å². The fourth-order valence-electron chi connectivity index (χ4n) is 2.30. The van der Waals surface area contributed by atoms with E-state index in [0.717, 1.165) is 13.0 Å². The molecule has 20 heavy (non-hydrogen) atoms. The second-order valence-corrected chi connectivity index (χ2v) is 7.28. The minimum Gasteiger partial charge on any atom is -0.305 e. The first kappa shape index (κ1) is 15.3. The molecule has 1 N–H and O–H groups in total. The predicted molar refractivity (Wildman–Crippen MR) is 89.3 cm³/mol. The molecule has 2 rings (SSSR count). The van der Waals surface area contributed by atoms with Gasteiger partial charge in [0.05, 0.1) is 0 Å². The molecule has 1 unspecified atom stereocenters. The summed E-state index contributed by atoms with van der Waals surface area (Å²) in [5.41, 5.74) is 2.98. The first-order valence-electron chi connectivity index (χ1n) is 7.37. The summed E-state index contributed by atoms with van der Waals surface area (Å²) in [4.78, 5) is 1.43. The van der Waals surface area contributed by atoms with E-state index in [0.29, 0.717) is 6.04 Å². The molecule has 0 spiro atoms. The molecule has 1 atom stereocenters. The van der Waals surface area contributed by atoms with Crippen molar-refractivity contribution in [3.63, 3.8) is 0 Å². The van der Waals surface area contributed by atoms with Gasteiger partial charge in [-0.2, -0.15) is 0 Å². The van der Waals surface area contributed by atoms with Gasteiger partial charge in [0.1, 0.15) is 0 Å². The minimum absolute atomic E-state index is 0.231. The maximum atomic E-state index is 3.66. The van der Waals surface area contributed by atoms with Crippen LogP contribution in [0, 0.1) is 0 Å². The molecule has 1 nitrogen and oxygen atoms in total. The Balaban J connectivity index is 1.97. The number of thiophene rings is 1. The van der Waals surface area contributed by atoms with Crippen molar-refractivity contribution in [1.82, 2.24) is 5.32 Å². The van der Waals surface area contributed by atoms with Gasteiger partial charge in [-0.15, -0.1) is 11.3 Å². The fourth-order valence-corrected chi connectivity index (χ4v) is 3.18. The summed E-state index contributed by atoms with van der Waals surface area (Å²) in [7, 11) is 0. The van der Waals surface area contributed by atoms with Crippen molar-refractivity contribution < 1.29 is 0 Å². The lowest BCUT2D eigenvalue weighted by molar-refractivity contribution is 0.526. The van der Waals surface area contributed by atoms with Gasteiger partial charge in [0, 0.05) is 17.5 Å². The van der Waals surface area contributed by atoms with Gasteiger partial charge >= 0.3 is 0 Å². The molecule has 0 amide bonds. The van der Waals surface area contributed by atoms with E-state index in [9.17, 15) is 0 Å². The highest BCUT2D eigenvalue weighted by Gasteiger charge is 2.13. The molecule has 0 aliphatic rings. The summed E-state index contributed by atoms with van der Waals surface area (Å²) in [5, 5.41) is 5.81. The van der Waals surface area contributed by atoms with Crippen molar-refractivity contribution in [3.8, 4) is 0 Å². The Hall–Kier alpha value is -1.12. The fraction of sp³-hybridized carbons (Fsp3) is 0.444. The van der Waals surface area contributed by atoms with Crippen LogP contribution in [0.15, 0.2) is 41.8 Å². The summed E-state index contributed by atoms with van der Waals surface area (Å²) >= 11 is 1.83. The maximum Gasteiger partial charge on any atom is 0.0414 e. The van der Waals surface area contributed by atoms with Gasteiger partial charge in [-0.1, -0.05) is 58.0 Å². The van der Waals surface area contributed by atoms with E-state index in [1.807, 2.05) is 11.3 Å². The highest BCUT2D eigenvalue weighted by atomic mass is 32.1. The molecule has 0 bridgehead atoms. The Morgan fingerprint density at radius 1 is 1.10 bits per heavy atom. The third-order valence-electron chi connectivity index (χ3n) is 3.67. The molecule has 1 aromatic heterocycles. The molecule has 1 heterocycles. The van der Waals surface area contributed by atoms with Crippen molar-refractivity contribution in [3.05, 3.63) is 57.8 Å². The van der Waals surface area contributed by atoms with Crippen LogP contribution in [0.3, 0.4) is 0 Å². The monoisotopic (exact) mass is 287 g/mol. The van der Waals surface area contributed by atoms with Crippen LogP contribution in [0.2, 0.25) is 0 Å². The van der Waals surface area contributed by atoms with Crippen LogP contribution in [-0.4, -0.2) is 0 Å². The van der Waals surface area contributed by atoms with E-state index in [-0.39, 0.29) is 5.41 Å². The van der Waals surface area contributed by atoms with Crippen LogP contribution in [0.1, 0.15) is 56.2 Å². The van der Waals surface area contributed by atoms with Gasteiger partial charge in [0.2, 0.25) is 0 Å². The number of hydrogen-bond donors (Lipinski definition) is 1. The Morgan fingerprint density at radius 3 is 2.30 bits per heavy atom. The molecule has 0 radical (unpaired) electrons. The maximum absolute atomic E-state index is 3.66. The highest BCUT2D eigenvalue weighted by Crippen LogP contribution is 2.24. The Labute approximate surface area is 127 Å². The zero-order valence-corrected chi connectivity index (χ0v) is 13.8. The van der Waals surface area contributed by atoms with Crippen molar-refractivity contribution >= 4 is 11.3 Å². The van der Waals surface area contributed by atoms with E-state index in [2.05, 4.69) is 74.8 Å². The van der Waals surface area contributed by atoms with Crippen LogP contribution >= 0.6 is 11.3 Å². The zero-order valence-electron chi connectivity index (χ0n) is 12.9. The smallest absolute Gasteiger partial charge is 0.0414 e. The van der Waals surface area contributed by atoms with Gasteiger partial charge in [0.15, 0.2) is 0 Å². The van der Waals surface area contributed by atoms with Crippen LogP contribution in [0.25, 0.3) is 0 Å². The number of nitrogens with one attached hydrogen (secondary N) is 1. The van der Waals surface area contributed by atoms with Gasteiger partial charge in [-0.05, 0) is 34.4 Å². The van der Waals surface area contributed by atoms with E-state index < -0.39 is 0 Å². The number of benzene rings is 1. The Bertz CT molecular complexity index is 505. The molecular formula is C18H25NS. The molecule has 1 aromatic carbocycles. The van der Waals surface area contributed by atoms with E-state index in [4.69, 9.17) is 0 Å². The molecule has 0 saturated carbocycles. The van der Waals surface area contributed by atoms with E-state index >= 15 is 0 Å². The van der Waals surface area contributed by atoms with Crippen molar-refractivity contribution in [2.75, 3.05) is 0 Å². The number of hydrogen-bond acceptors (Lipinski definition) is 2. The highest BCUT2D eigenvalue weighted by molar-refractivity contribution is 7.10. The number of rotatable bonds is 5. The molecule has 0 saturated heterocycles. The largest absolute Gasteiger partial charge is 0.305 e. The Kier molecular flexibility index (Phi) is 5.00. The Morgan fingerprint density at radius 2 is 1.80 bits per heavy atom. The summed E-state index contributed by atoms with van der Waals surface area (Å²) in [6, 6.07) is 13.8. The summed E-state index contributed by atoms with van der Waals surface area (Å²) in [6.45, 7) is 9.93. The third-order valence-corrected chi connectivity index (χ3v) is 4.65. The molecule has 0 aliphatic heterocycles. The average Bonchev–Trinajstić information content (AvgIpc) is 2.93. The zero-order chi connectivity index (χ0) is 14.6. The first-order chi connectivity index (χ1) is 9.50. The molecule has 108 valence electrons. The summed E-state index contributed by atoms with van der Waals surface area (Å²) in [6.07, 6.45) is 1.13. The minimum atomic E-state index is 0.231. The molecule has 0 aliphatic carbocycles. The normalized spacial score (nSPS) is 13.4. The molecule has 2 aromatic rings. The van der Waals surface area contributed by atoms with Crippen LogP contribution < -0.4 is 5.32 Å². The summed E-state index contributed by atoms with van der Waals surface area (Å²) < 4.78 is 0. The second-order valence-electron chi connectivity index (χ2n) is 6.30. The van der Waals surface area contributed by atoms with Crippen molar-refractivity contribution in [2.45, 2.75) is 52.1 Å². The van der Waals surface area contributed by atoms with Crippen molar-refractivity contribution in [1.29, 1.82) is 0 Å². The molecule has 2 heteroatoms. The SMILES string of the molecule is CCC(NCc1ccc(C(C)(C)C)cc1)c1cccs1. The lowest BCUT2D eigenvalue weighted by Crippen LogP contribution is -2.19. The van der Waals surface area contributed by atoms with Crippen LogP contribution in [0.4, 0.5) is 0 Å². The quantitative estimate of drug-likeness (QED) is 0.788. The summed E-state index contributed by atoms with van der Waals surface area (Å²) in [5.74, 6) is 0. The van der Waals surface area contributed by atoms with E-state index in [1.165, 1.54) is 16.0 Å². The molecular weight excluding hydrogens is 262 g/mol. The van der Waals surface area contributed by atoms with Gasteiger partial charge < -0.3 is 5.32 Å². The topological polar surface area (TPSA) is 12.0 Å². The van der Waals surface area contributed by atoms with E-state index in [1.54, 1.807) is 0 Å². The lowest BCUT2D eigenvalue weighted by Gasteiger charge is -2.20.